The first-order valence-corrected chi connectivity index (χ1v) is 11.4. The van der Waals surface area contributed by atoms with Crippen molar-refractivity contribution in [3.05, 3.63) is 101 Å². The smallest absolute Gasteiger partial charge is 0.255 e. The third-order valence-electron chi connectivity index (χ3n) is 6.58. The average Bonchev–Trinajstić information content (AvgIpc) is 3.10. The van der Waals surface area contributed by atoms with Gasteiger partial charge in [0, 0.05) is 23.6 Å². The molecule has 1 aliphatic heterocycles. The maximum Gasteiger partial charge on any atom is 0.255 e. The molecule has 0 radical (unpaired) electrons. The van der Waals surface area contributed by atoms with E-state index in [9.17, 15) is 14.4 Å². The Hall–Kier alpha value is -4.06. The second kappa shape index (κ2) is 9.06. The summed E-state index contributed by atoms with van der Waals surface area (Å²) in [5.74, 6) is -1.10. The highest BCUT2D eigenvalue weighted by Gasteiger charge is 2.48. The van der Waals surface area contributed by atoms with Crippen LogP contribution in [0.15, 0.2) is 84.7 Å². The van der Waals surface area contributed by atoms with E-state index in [4.69, 9.17) is 0 Å². The molecule has 3 amide bonds. The molecule has 0 bridgehead atoms. The fourth-order valence-corrected chi connectivity index (χ4v) is 4.70. The van der Waals surface area contributed by atoms with Gasteiger partial charge < -0.3 is 5.32 Å². The second-order valence-electron chi connectivity index (χ2n) is 8.95. The number of aromatic nitrogens is 1. The molecule has 2 heterocycles. The maximum atomic E-state index is 12.9. The Balaban J connectivity index is 1.24. The van der Waals surface area contributed by atoms with Crippen LogP contribution in [0, 0.1) is 11.8 Å². The minimum atomic E-state index is -0.277. The average molecular weight is 452 g/mol. The Bertz CT molecular complexity index is 1260. The fraction of sp³-hybridized carbons (Fsp3) is 0.214. The number of rotatable bonds is 5. The molecule has 2 aromatic carbocycles. The van der Waals surface area contributed by atoms with Gasteiger partial charge in [0.2, 0.25) is 11.8 Å². The van der Waals surface area contributed by atoms with Gasteiger partial charge in [0.25, 0.3) is 5.91 Å². The number of pyridine rings is 1. The summed E-state index contributed by atoms with van der Waals surface area (Å²) in [6, 6.07) is 18.3. The van der Waals surface area contributed by atoms with Crippen LogP contribution in [0.1, 0.15) is 41.3 Å². The third kappa shape index (κ3) is 4.27. The van der Waals surface area contributed by atoms with Crippen molar-refractivity contribution >= 4 is 29.1 Å². The largest absolute Gasteiger partial charge is 0.322 e. The van der Waals surface area contributed by atoms with E-state index in [0.717, 1.165) is 17.6 Å². The topological polar surface area (TPSA) is 79.4 Å². The van der Waals surface area contributed by atoms with E-state index in [2.05, 4.69) is 16.4 Å². The molecule has 1 fully saturated rings. The highest BCUT2D eigenvalue weighted by atomic mass is 16.2. The van der Waals surface area contributed by atoms with Crippen LogP contribution in [0.5, 0.6) is 0 Å². The molecule has 0 unspecified atom stereocenters. The van der Waals surface area contributed by atoms with Gasteiger partial charge in [-0.05, 0) is 85.8 Å². The predicted octanol–water partition coefficient (Wildman–Crippen LogP) is 4.77. The quantitative estimate of drug-likeness (QED) is 0.448. The Morgan fingerprint density at radius 3 is 2.26 bits per heavy atom. The van der Waals surface area contributed by atoms with Gasteiger partial charge in [-0.1, -0.05) is 23.8 Å². The van der Waals surface area contributed by atoms with Crippen LogP contribution in [0.25, 0.3) is 0 Å². The van der Waals surface area contributed by atoms with Gasteiger partial charge in [0.15, 0.2) is 0 Å². The standard InChI is InChI=1S/C28H25N3O3/c1-18-2-11-24-25(16-18)28(34)31(27(24)33)23-9-5-21(6-10-23)26(32)30-22-7-3-19(4-8-22)17-20-12-14-29-15-13-20/h2-10,12-15,24-25H,11,16-17H2,1H3,(H,30,32)/t24-,25-/m0/s1. The first-order valence-electron chi connectivity index (χ1n) is 11.4. The minimum absolute atomic E-state index is 0.147. The van der Waals surface area contributed by atoms with E-state index in [1.54, 1.807) is 36.7 Å². The third-order valence-corrected chi connectivity index (χ3v) is 6.58. The lowest BCUT2D eigenvalue weighted by Crippen LogP contribution is -2.30. The van der Waals surface area contributed by atoms with Gasteiger partial charge in [-0.25, -0.2) is 0 Å². The zero-order chi connectivity index (χ0) is 23.7. The van der Waals surface area contributed by atoms with E-state index in [1.807, 2.05) is 43.3 Å². The molecule has 0 spiro atoms. The summed E-state index contributed by atoms with van der Waals surface area (Å²) in [6.45, 7) is 2.00. The van der Waals surface area contributed by atoms with E-state index >= 15 is 0 Å². The van der Waals surface area contributed by atoms with Gasteiger partial charge in [0.05, 0.1) is 17.5 Å². The van der Waals surface area contributed by atoms with E-state index in [-0.39, 0.29) is 29.6 Å². The summed E-state index contributed by atoms with van der Waals surface area (Å²) in [5.41, 5.74) is 5.13. The number of nitrogens with one attached hydrogen (secondary N) is 1. The molecule has 2 aliphatic rings. The van der Waals surface area contributed by atoms with Gasteiger partial charge in [0.1, 0.15) is 0 Å². The second-order valence-corrected chi connectivity index (χ2v) is 8.95. The maximum absolute atomic E-state index is 12.9. The number of hydrogen-bond donors (Lipinski definition) is 1. The van der Waals surface area contributed by atoms with Crippen LogP contribution in [-0.2, 0) is 16.0 Å². The van der Waals surface area contributed by atoms with Gasteiger partial charge >= 0.3 is 0 Å². The van der Waals surface area contributed by atoms with E-state index in [0.29, 0.717) is 29.8 Å². The Morgan fingerprint density at radius 2 is 1.56 bits per heavy atom. The number of nitrogens with zero attached hydrogens (tertiary/aromatic N) is 2. The predicted molar refractivity (Wildman–Crippen MR) is 130 cm³/mol. The van der Waals surface area contributed by atoms with E-state index < -0.39 is 0 Å². The summed E-state index contributed by atoms with van der Waals surface area (Å²) in [4.78, 5) is 43.8. The fourth-order valence-electron chi connectivity index (χ4n) is 4.70. The van der Waals surface area contributed by atoms with Crippen LogP contribution < -0.4 is 10.2 Å². The first kappa shape index (κ1) is 21.8. The Morgan fingerprint density at radius 1 is 0.912 bits per heavy atom. The van der Waals surface area contributed by atoms with Gasteiger partial charge in [-0.2, -0.15) is 0 Å². The van der Waals surface area contributed by atoms with Crippen LogP contribution in [-0.4, -0.2) is 22.7 Å². The molecule has 1 N–H and O–H groups in total. The highest BCUT2D eigenvalue weighted by molar-refractivity contribution is 6.22. The molecule has 2 atom stereocenters. The lowest BCUT2D eigenvalue weighted by Gasteiger charge is -2.18. The first-order chi connectivity index (χ1) is 16.5. The van der Waals surface area contributed by atoms with Crippen LogP contribution >= 0.6 is 0 Å². The van der Waals surface area contributed by atoms with Crippen molar-refractivity contribution in [2.45, 2.75) is 26.2 Å². The van der Waals surface area contributed by atoms with Gasteiger partial charge in [-0.15, -0.1) is 0 Å². The number of fused-ring (bicyclic) bond motifs is 1. The molecule has 34 heavy (non-hydrogen) atoms. The van der Waals surface area contributed by atoms with Crippen molar-refractivity contribution in [3.63, 3.8) is 0 Å². The van der Waals surface area contributed by atoms with E-state index in [1.165, 1.54) is 10.5 Å². The number of hydrogen-bond acceptors (Lipinski definition) is 4. The van der Waals surface area contributed by atoms with Crippen molar-refractivity contribution in [2.75, 3.05) is 10.2 Å². The summed E-state index contributed by atoms with van der Waals surface area (Å²) in [7, 11) is 0. The molecule has 1 saturated heterocycles. The van der Waals surface area contributed by atoms with Crippen molar-refractivity contribution < 1.29 is 14.4 Å². The molecular weight excluding hydrogens is 426 g/mol. The Kier molecular flexibility index (Phi) is 5.80. The van der Waals surface area contributed by atoms with Crippen molar-refractivity contribution in [3.8, 4) is 0 Å². The van der Waals surface area contributed by atoms with Crippen LogP contribution in [0.2, 0.25) is 0 Å². The van der Waals surface area contributed by atoms with Crippen molar-refractivity contribution in [2.24, 2.45) is 11.8 Å². The normalized spacial score (nSPS) is 19.6. The molecular formula is C28H25N3O3. The van der Waals surface area contributed by atoms with Crippen molar-refractivity contribution in [1.29, 1.82) is 0 Å². The lowest BCUT2D eigenvalue weighted by atomic mass is 9.82. The molecule has 170 valence electrons. The number of benzene rings is 2. The SMILES string of the molecule is CC1=CC[C@@H]2C(=O)N(c3ccc(C(=O)Nc4ccc(Cc5ccncc5)cc4)cc3)C(=O)[C@H]2C1. The lowest BCUT2D eigenvalue weighted by molar-refractivity contribution is -0.122. The van der Waals surface area contributed by atoms with Crippen LogP contribution in [0.3, 0.4) is 0 Å². The molecule has 0 saturated carbocycles. The summed E-state index contributed by atoms with van der Waals surface area (Å²) < 4.78 is 0. The number of allylic oxidation sites excluding steroid dienone is 2. The molecule has 5 rings (SSSR count). The zero-order valence-electron chi connectivity index (χ0n) is 18.9. The van der Waals surface area contributed by atoms with Gasteiger partial charge in [-0.3, -0.25) is 24.3 Å². The summed E-state index contributed by atoms with van der Waals surface area (Å²) in [6.07, 6.45) is 7.64. The van der Waals surface area contributed by atoms with Crippen molar-refractivity contribution in [1.82, 2.24) is 4.98 Å². The van der Waals surface area contributed by atoms with Crippen LogP contribution in [0.4, 0.5) is 11.4 Å². The number of anilines is 2. The Labute approximate surface area is 198 Å². The minimum Gasteiger partial charge on any atom is -0.322 e. The monoisotopic (exact) mass is 451 g/mol. The summed E-state index contributed by atoms with van der Waals surface area (Å²) >= 11 is 0. The number of imide groups is 1. The molecule has 3 aromatic rings. The molecule has 6 heteroatoms. The summed E-state index contributed by atoms with van der Waals surface area (Å²) in [5, 5.41) is 2.90. The highest BCUT2D eigenvalue weighted by Crippen LogP contribution is 2.39. The molecule has 1 aliphatic carbocycles. The number of carbonyl (C=O) groups is 3. The molecule has 6 nitrogen and oxygen atoms in total. The number of amides is 3. The zero-order valence-corrected chi connectivity index (χ0v) is 18.9. The molecule has 1 aromatic heterocycles. The number of carbonyl (C=O) groups excluding carboxylic acids is 3.